The Bertz CT molecular complexity index is 588. The monoisotopic (exact) mass is 258 g/mol. The lowest BCUT2D eigenvalue weighted by Crippen LogP contribution is -2.22. The highest BCUT2D eigenvalue weighted by Crippen LogP contribution is 2.22. The minimum atomic E-state index is -0.511. The minimum Gasteiger partial charge on any atom is -0.382 e. The molecule has 1 aromatic carbocycles. The van der Waals surface area contributed by atoms with Crippen LogP contribution in [0.1, 0.15) is 21.5 Å². The first kappa shape index (κ1) is 14.2. The zero-order valence-electron chi connectivity index (χ0n) is 10.6. The average molecular weight is 258 g/mol. The van der Waals surface area contributed by atoms with Gasteiger partial charge >= 0.3 is 0 Å². The summed E-state index contributed by atoms with van der Waals surface area (Å²) in [7, 11) is 0. The molecule has 98 valence electrons. The van der Waals surface area contributed by atoms with Gasteiger partial charge in [-0.05, 0) is 37.1 Å². The Morgan fingerprint density at radius 2 is 1.89 bits per heavy atom. The molecule has 7 nitrogen and oxygen atoms in total. The molecule has 0 aliphatic rings. The lowest BCUT2D eigenvalue weighted by atomic mass is 10.0. The summed E-state index contributed by atoms with van der Waals surface area (Å²) >= 11 is 0. The van der Waals surface area contributed by atoms with E-state index in [1.165, 1.54) is 0 Å². The summed E-state index contributed by atoms with van der Waals surface area (Å²) in [6.07, 6.45) is 0. The molecule has 1 aromatic rings. The molecule has 0 spiro atoms. The summed E-state index contributed by atoms with van der Waals surface area (Å²) in [5, 5.41) is 19.6. The van der Waals surface area contributed by atoms with Crippen LogP contribution in [0, 0.1) is 30.6 Å². The number of nitrogens with two attached hydrogens (primary N) is 2. The van der Waals surface area contributed by atoms with E-state index >= 15 is 0 Å². The van der Waals surface area contributed by atoms with Gasteiger partial charge in [0.05, 0.1) is 5.69 Å². The number of hydrogen-bond donors (Lipinski definition) is 4. The van der Waals surface area contributed by atoms with Crippen molar-refractivity contribution in [2.45, 2.75) is 13.8 Å². The summed E-state index contributed by atoms with van der Waals surface area (Å²) in [6, 6.07) is 4.94. The number of aryl methyl sites for hydroxylation is 2. The number of hydrogen-bond acceptors (Lipinski definition) is 5. The van der Waals surface area contributed by atoms with Crippen molar-refractivity contribution in [3.05, 3.63) is 28.8 Å². The van der Waals surface area contributed by atoms with Crippen molar-refractivity contribution in [1.82, 2.24) is 0 Å². The Hall–Kier alpha value is -2.88. The van der Waals surface area contributed by atoms with Crippen LogP contribution in [0.2, 0.25) is 0 Å². The van der Waals surface area contributed by atoms with E-state index in [-0.39, 0.29) is 5.71 Å². The highest BCUT2D eigenvalue weighted by molar-refractivity contribution is 6.45. The van der Waals surface area contributed by atoms with Gasteiger partial charge in [0.15, 0.2) is 5.84 Å². The number of hydrazone groups is 1. The number of amidine groups is 1. The number of amides is 1. The highest BCUT2D eigenvalue weighted by Gasteiger charge is 2.09. The van der Waals surface area contributed by atoms with Crippen molar-refractivity contribution in [2.24, 2.45) is 16.6 Å². The maximum absolute atomic E-state index is 11.1. The number of nitrogens with zero attached hydrogens (tertiary/aromatic N) is 2. The summed E-state index contributed by atoms with van der Waals surface area (Å²) in [4.78, 5) is 11.1. The van der Waals surface area contributed by atoms with Gasteiger partial charge in [-0.15, -0.1) is 0 Å². The Morgan fingerprint density at radius 1 is 1.37 bits per heavy atom. The molecule has 1 amide bonds. The first-order chi connectivity index (χ1) is 8.86. The summed E-state index contributed by atoms with van der Waals surface area (Å²) < 4.78 is 0. The van der Waals surface area contributed by atoms with Crippen LogP contribution in [0.4, 0.5) is 5.69 Å². The predicted octanol–water partition coefficient (Wildman–Crippen LogP) is 0.630. The predicted molar refractivity (Wildman–Crippen MR) is 73.0 cm³/mol. The van der Waals surface area contributed by atoms with Crippen LogP contribution in [0.15, 0.2) is 17.2 Å². The molecule has 0 heterocycles. The van der Waals surface area contributed by atoms with Crippen LogP contribution in [-0.4, -0.2) is 17.5 Å². The Labute approximate surface area is 110 Å². The highest BCUT2D eigenvalue weighted by atomic mass is 16.1. The molecule has 0 saturated heterocycles. The Balaban J connectivity index is 3.14. The molecule has 6 N–H and O–H groups in total. The molecule has 0 fully saturated rings. The van der Waals surface area contributed by atoms with Crippen molar-refractivity contribution in [1.29, 1.82) is 10.7 Å². The second kappa shape index (κ2) is 5.64. The third-order valence-corrected chi connectivity index (χ3v) is 2.46. The molecule has 0 atom stereocenters. The van der Waals surface area contributed by atoms with Crippen LogP contribution in [0.3, 0.4) is 0 Å². The topological polar surface area (TPSA) is 141 Å². The molecule has 0 aliphatic carbocycles. The zero-order valence-corrected chi connectivity index (χ0v) is 10.6. The summed E-state index contributed by atoms with van der Waals surface area (Å²) in [5.41, 5.74) is 15.4. The molecule has 0 unspecified atom stereocenters. The first-order valence-corrected chi connectivity index (χ1v) is 5.36. The second-order valence-corrected chi connectivity index (χ2v) is 3.95. The summed E-state index contributed by atoms with van der Waals surface area (Å²) in [5.74, 6) is -0.929. The number of primary amides is 1. The standard InChI is InChI=1S/C12H14N6O/c1-6-3-8(12(16)19)4-7(2)10(6)18-17-9(5-13)11(14)15/h3-4,18H,1-2H3,(H3,14,15)(H2,16,19)/b17-9+. The van der Waals surface area contributed by atoms with E-state index in [4.69, 9.17) is 22.1 Å². The van der Waals surface area contributed by atoms with Crippen LogP contribution in [0.25, 0.3) is 0 Å². The SMILES string of the molecule is Cc1cc(C(N)=O)cc(C)c1N/N=C(\C#N)C(=N)N. The van der Waals surface area contributed by atoms with Gasteiger partial charge in [0.2, 0.25) is 11.6 Å². The molecule has 0 radical (unpaired) electrons. The van der Waals surface area contributed by atoms with Gasteiger partial charge < -0.3 is 11.5 Å². The maximum atomic E-state index is 11.1. The average Bonchev–Trinajstić information content (AvgIpc) is 2.31. The molecule has 0 bridgehead atoms. The quantitative estimate of drug-likeness (QED) is 0.357. The van der Waals surface area contributed by atoms with E-state index in [0.29, 0.717) is 11.3 Å². The summed E-state index contributed by atoms with van der Waals surface area (Å²) in [6.45, 7) is 3.55. The molecular weight excluding hydrogens is 244 g/mol. The van der Waals surface area contributed by atoms with Gasteiger partial charge in [-0.2, -0.15) is 10.4 Å². The van der Waals surface area contributed by atoms with E-state index < -0.39 is 11.7 Å². The van der Waals surface area contributed by atoms with Crippen molar-refractivity contribution < 1.29 is 4.79 Å². The first-order valence-electron chi connectivity index (χ1n) is 5.36. The third kappa shape index (κ3) is 3.29. The van der Waals surface area contributed by atoms with E-state index in [2.05, 4.69) is 10.5 Å². The molecule has 0 saturated carbocycles. The van der Waals surface area contributed by atoms with Gasteiger partial charge in [-0.25, -0.2) is 0 Å². The van der Waals surface area contributed by atoms with Gasteiger partial charge in [-0.1, -0.05) is 0 Å². The largest absolute Gasteiger partial charge is 0.382 e. The van der Waals surface area contributed by atoms with Crippen molar-refractivity contribution in [3.63, 3.8) is 0 Å². The van der Waals surface area contributed by atoms with Crippen LogP contribution in [0.5, 0.6) is 0 Å². The van der Waals surface area contributed by atoms with E-state index in [1.807, 2.05) is 0 Å². The maximum Gasteiger partial charge on any atom is 0.248 e. The van der Waals surface area contributed by atoms with Crippen LogP contribution < -0.4 is 16.9 Å². The van der Waals surface area contributed by atoms with E-state index in [1.54, 1.807) is 32.0 Å². The normalized spacial score (nSPS) is 10.7. The molecule has 1 rings (SSSR count). The van der Waals surface area contributed by atoms with Gasteiger partial charge in [0.25, 0.3) is 0 Å². The van der Waals surface area contributed by atoms with E-state index in [9.17, 15) is 4.79 Å². The number of rotatable bonds is 4. The van der Waals surface area contributed by atoms with Crippen LogP contribution >= 0.6 is 0 Å². The number of anilines is 1. The fourth-order valence-electron chi connectivity index (χ4n) is 1.54. The number of carbonyl (C=O) groups excluding carboxylic acids is 1. The molecule has 19 heavy (non-hydrogen) atoms. The number of carbonyl (C=O) groups is 1. The van der Waals surface area contributed by atoms with Crippen LogP contribution in [-0.2, 0) is 0 Å². The third-order valence-electron chi connectivity index (χ3n) is 2.46. The van der Waals surface area contributed by atoms with Crippen molar-refractivity contribution in [2.75, 3.05) is 5.43 Å². The van der Waals surface area contributed by atoms with Gasteiger partial charge in [0, 0.05) is 5.56 Å². The molecule has 0 aromatic heterocycles. The lowest BCUT2D eigenvalue weighted by molar-refractivity contribution is 0.1000. The van der Waals surface area contributed by atoms with Gasteiger partial charge in [-0.3, -0.25) is 15.6 Å². The van der Waals surface area contributed by atoms with Crippen molar-refractivity contribution in [3.8, 4) is 6.07 Å². The molecule has 0 aliphatic heterocycles. The van der Waals surface area contributed by atoms with E-state index in [0.717, 1.165) is 11.1 Å². The van der Waals surface area contributed by atoms with Crippen molar-refractivity contribution >= 4 is 23.1 Å². The number of nitrogens with one attached hydrogen (secondary N) is 2. The molecular formula is C12H14N6O. The molecule has 7 heteroatoms. The smallest absolute Gasteiger partial charge is 0.248 e. The number of nitriles is 1. The fraction of sp³-hybridized carbons (Fsp3) is 0.167. The zero-order chi connectivity index (χ0) is 14.6. The number of benzene rings is 1. The fourth-order valence-corrected chi connectivity index (χ4v) is 1.54. The Kier molecular flexibility index (Phi) is 4.21. The minimum absolute atomic E-state index is 0.210. The second-order valence-electron chi connectivity index (χ2n) is 3.95. The van der Waals surface area contributed by atoms with Gasteiger partial charge in [0.1, 0.15) is 6.07 Å². The Morgan fingerprint density at radius 3 is 2.26 bits per heavy atom. The lowest BCUT2D eigenvalue weighted by Gasteiger charge is -2.10.